The van der Waals surface area contributed by atoms with E-state index in [0.717, 1.165) is 12.0 Å². The molecule has 0 radical (unpaired) electrons. The number of hydrogen-bond acceptors (Lipinski definition) is 3. The van der Waals surface area contributed by atoms with Crippen LogP contribution in [0.25, 0.3) is 0 Å². The van der Waals surface area contributed by atoms with Crippen molar-refractivity contribution in [3.8, 4) is 5.88 Å². The third-order valence-electron chi connectivity index (χ3n) is 2.10. The van der Waals surface area contributed by atoms with E-state index in [9.17, 15) is 4.79 Å². The highest BCUT2D eigenvalue weighted by atomic mass is 16.5. The second-order valence-electron chi connectivity index (χ2n) is 2.89. The molecule has 2 rings (SSSR count). The van der Waals surface area contributed by atoms with Gasteiger partial charge in [-0.25, -0.2) is 4.98 Å². The second kappa shape index (κ2) is 3.05. The first-order valence-electron chi connectivity index (χ1n) is 4.12. The average molecular weight is 178 g/mol. The van der Waals surface area contributed by atoms with Crippen molar-refractivity contribution in [3.05, 3.63) is 23.4 Å². The Labute approximate surface area is 75.9 Å². The first kappa shape index (κ1) is 8.04. The van der Waals surface area contributed by atoms with Gasteiger partial charge in [0.05, 0.1) is 7.11 Å². The standard InChI is InChI=1S/C9H10N2O2/c1-13-8-4-7-6(5-11-8)2-3-10-9(7)12/h4-5H,2-3H2,1H3,(H,10,12). The van der Waals surface area contributed by atoms with Gasteiger partial charge in [0.2, 0.25) is 5.88 Å². The Morgan fingerprint density at radius 3 is 3.23 bits per heavy atom. The molecule has 13 heavy (non-hydrogen) atoms. The average Bonchev–Trinajstić information content (AvgIpc) is 2.18. The highest BCUT2D eigenvalue weighted by Gasteiger charge is 2.17. The molecule has 0 saturated heterocycles. The van der Waals surface area contributed by atoms with Gasteiger partial charge < -0.3 is 10.1 Å². The Hall–Kier alpha value is -1.58. The summed E-state index contributed by atoms with van der Waals surface area (Å²) in [7, 11) is 1.54. The van der Waals surface area contributed by atoms with Gasteiger partial charge in [0.1, 0.15) is 0 Å². The number of ether oxygens (including phenoxy) is 1. The Morgan fingerprint density at radius 1 is 1.62 bits per heavy atom. The first-order valence-corrected chi connectivity index (χ1v) is 4.12. The van der Waals surface area contributed by atoms with Crippen LogP contribution in [0.2, 0.25) is 0 Å². The second-order valence-corrected chi connectivity index (χ2v) is 2.89. The number of aromatic nitrogens is 1. The minimum atomic E-state index is -0.0399. The zero-order valence-corrected chi connectivity index (χ0v) is 7.33. The van der Waals surface area contributed by atoms with E-state index in [0.29, 0.717) is 18.0 Å². The fraction of sp³-hybridized carbons (Fsp3) is 0.333. The number of rotatable bonds is 1. The summed E-state index contributed by atoms with van der Waals surface area (Å²) >= 11 is 0. The first-order chi connectivity index (χ1) is 6.31. The van der Waals surface area contributed by atoms with Gasteiger partial charge in [-0.15, -0.1) is 0 Å². The van der Waals surface area contributed by atoms with Gasteiger partial charge in [0, 0.05) is 24.4 Å². The summed E-state index contributed by atoms with van der Waals surface area (Å²) in [6.45, 7) is 0.694. The molecule has 1 aromatic heterocycles. The molecule has 1 aliphatic heterocycles. The van der Waals surface area contributed by atoms with Crippen molar-refractivity contribution in [2.24, 2.45) is 0 Å². The third-order valence-corrected chi connectivity index (χ3v) is 2.10. The molecule has 0 spiro atoms. The molecular weight excluding hydrogens is 168 g/mol. The quantitative estimate of drug-likeness (QED) is 0.676. The molecule has 2 heterocycles. The highest BCUT2D eigenvalue weighted by molar-refractivity contribution is 5.96. The topological polar surface area (TPSA) is 51.2 Å². The molecule has 68 valence electrons. The van der Waals surface area contributed by atoms with Crippen LogP contribution in [-0.4, -0.2) is 24.5 Å². The van der Waals surface area contributed by atoms with Crippen LogP contribution in [0.15, 0.2) is 12.3 Å². The molecule has 4 heteroatoms. The molecule has 0 saturated carbocycles. The summed E-state index contributed by atoms with van der Waals surface area (Å²) in [4.78, 5) is 15.4. The van der Waals surface area contributed by atoms with Crippen LogP contribution in [0.4, 0.5) is 0 Å². The molecule has 0 bridgehead atoms. The summed E-state index contributed by atoms with van der Waals surface area (Å²) in [6.07, 6.45) is 2.55. The predicted molar refractivity (Wildman–Crippen MR) is 46.8 cm³/mol. The minimum Gasteiger partial charge on any atom is -0.481 e. The van der Waals surface area contributed by atoms with Crippen molar-refractivity contribution in [2.45, 2.75) is 6.42 Å². The maximum absolute atomic E-state index is 11.4. The van der Waals surface area contributed by atoms with Crippen LogP contribution < -0.4 is 10.1 Å². The smallest absolute Gasteiger partial charge is 0.251 e. The molecular formula is C9H10N2O2. The van der Waals surface area contributed by atoms with Crippen LogP contribution in [0.1, 0.15) is 15.9 Å². The summed E-state index contributed by atoms with van der Waals surface area (Å²) in [5, 5.41) is 2.77. The number of fused-ring (bicyclic) bond motifs is 1. The molecule has 1 aromatic rings. The molecule has 1 amide bonds. The van der Waals surface area contributed by atoms with E-state index < -0.39 is 0 Å². The zero-order chi connectivity index (χ0) is 9.26. The van der Waals surface area contributed by atoms with Crippen molar-refractivity contribution in [1.29, 1.82) is 0 Å². The van der Waals surface area contributed by atoms with Crippen LogP contribution in [-0.2, 0) is 6.42 Å². The molecule has 0 fully saturated rings. The molecule has 1 aliphatic rings. The van der Waals surface area contributed by atoms with E-state index in [4.69, 9.17) is 4.74 Å². The normalized spacial score (nSPS) is 14.7. The van der Waals surface area contributed by atoms with Gasteiger partial charge in [-0.2, -0.15) is 0 Å². The summed E-state index contributed by atoms with van der Waals surface area (Å²) in [5.41, 5.74) is 1.67. The van der Waals surface area contributed by atoms with Crippen molar-refractivity contribution in [3.63, 3.8) is 0 Å². The SMILES string of the molecule is COc1cc2c(cn1)CCNC2=O. The fourth-order valence-corrected chi connectivity index (χ4v) is 1.39. The third kappa shape index (κ3) is 1.35. The fourth-order valence-electron chi connectivity index (χ4n) is 1.39. The van der Waals surface area contributed by atoms with Crippen molar-refractivity contribution in [2.75, 3.05) is 13.7 Å². The van der Waals surface area contributed by atoms with Gasteiger partial charge in [-0.1, -0.05) is 0 Å². The number of pyridine rings is 1. The van der Waals surface area contributed by atoms with Crippen LogP contribution >= 0.6 is 0 Å². The maximum Gasteiger partial charge on any atom is 0.251 e. The van der Waals surface area contributed by atoms with Crippen molar-refractivity contribution < 1.29 is 9.53 Å². The molecule has 1 N–H and O–H groups in total. The van der Waals surface area contributed by atoms with E-state index in [-0.39, 0.29) is 5.91 Å². The lowest BCUT2D eigenvalue weighted by Gasteiger charge is -2.15. The minimum absolute atomic E-state index is 0.0399. The summed E-state index contributed by atoms with van der Waals surface area (Å²) in [5.74, 6) is 0.442. The van der Waals surface area contributed by atoms with Crippen LogP contribution in [0.3, 0.4) is 0 Å². The van der Waals surface area contributed by atoms with E-state index in [1.165, 1.54) is 7.11 Å². The number of carbonyl (C=O) groups excluding carboxylic acids is 1. The Morgan fingerprint density at radius 2 is 2.46 bits per heavy atom. The van der Waals surface area contributed by atoms with Crippen LogP contribution in [0.5, 0.6) is 5.88 Å². The van der Waals surface area contributed by atoms with Gasteiger partial charge >= 0.3 is 0 Å². The lowest BCUT2D eigenvalue weighted by Crippen LogP contribution is -2.31. The monoisotopic (exact) mass is 178 g/mol. The summed E-state index contributed by atoms with van der Waals surface area (Å²) < 4.78 is 4.94. The lowest BCUT2D eigenvalue weighted by atomic mass is 10.0. The number of hydrogen-bond donors (Lipinski definition) is 1. The Bertz CT molecular complexity index is 349. The predicted octanol–water partition coefficient (Wildman–Crippen LogP) is 0.376. The zero-order valence-electron chi connectivity index (χ0n) is 7.33. The van der Waals surface area contributed by atoms with Gasteiger partial charge in [0.15, 0.2) is 0 Å². The highest BCUT2D eigenvalue weighted by Crippen LogP contribution is 2.17. The molecule has 0 aromatic carbocycles. The molecule has 0 aliphatic carbocycles. The van der Waals surface area contributed by atoms with Crippen molar-refractivity contribution >= 4 is 5.91 Å². The maximum atomic E-state index is 11.4. The Kier molecular flexibility index (Phi) is 1.88. The number of carbonyl (C=O) groups is 1. The number of nitrogens with zero attached hydrogens (tertiary/aromatic N) is 1. The number of amides is 1. The largest absolute Gasteiger partial charge is 0.481 e. The Balaban J connectivity index is 2.47. The lowest BCUT2D eigenvalue weighted by molar-refractivity contribution is 0.0945. The molecule has 4 nitrogen and oxygen atoms in total. The van der Waals surface area contributed by atoms with Crippen molar-refractivity contribution in [1.82, 2.24) is 10.3 Å². The number of nitrogens with one attached hydrogen (secondary N) is 1. The van der Waals surface area contributed by atoms with E-state index in [1.807, 2.05) is 0 Å². The van der Waals surface area contributed by atoms with E-state index >= 15 is 0 Å². The van der Waals surface area contributed by atoms with Gasteiger partial charge in [-0.3, -0.25) is 4.79 Å². The number of methoxy groups -OCH3 is 1. The summed E-state index contributed by atoms with van der Waals surface area (Å²) in [6, 6.07) is 1.67. The van der Waals surface area contributed by atoms with E-state index in [2.05, 4.69) is 10.3 Å². The van der Waals surface area contributed by atoms with Gasteiger partial charge in [0.25, 0.3) is 5.91 Å². The molecule has 0 atom stereocenters. The van der Waals surface area contributed by atoms with Gasteiger partial charge in [-0.05, 0) is 12.0 Å². The van der Waals surface area contributed by atoms with E-state index in [1.54, 1.807) is 12.3 Å². The van der Waals surface area contributed by atoms with Crippen LogP contribution in [0, 0.1) is 0 Å². The molecule has 0 unspecified atom stereocenters.